The second-order valence-corrected chi connectivity index (χ2v) is 5.34. The first-order chi connectivity index (χ1) is 10.1. The van der Waals surface area contributed by atoms with Gasteiger partial charge in [0.2, 0.25) is 0 Å². The first-order valence-corrected chi connectivity index (χ1v) is 7.12. The highest BCUT2D eigenvalue weighted by atomic mass is 32.1. The predicted molar refractivity (Wildman–Crippen MR) is 79.4 cm³/mol. The molecule has 0 bridgehead atoms. The molecule has 0 amide bonds. The van der Waals surface area contributed by atoms with Crippen molar-refractivity contribution in [2.45, 2.75) is 13.0 Å². The van der Waals surface area contributed by atoms with Crippen molar-refractivity contribution >= 4 is 17.2 Å². The number of nitrogens with one attached hydrogen (secondary N) is 1. The van der Waals surface area contributed by atoms with Gasteiger partial charge in [-0.15, -0.1) is 11.3 Å². The SMILES string of the molecule is COCc1nc(CCOc2ccccc2F)sc1C(=N)N. The largest absolute Gasteiger partial charge is 0.490 e. The van der Waals surface area contributed by atoms with Crippen molar-refractivity contribution < 1.29 is 13.9 Å². The second-order valence-electron chi connectivity index (χ2n) is 4.26. The third-order valence-corrected chi connectivity index (χ3v) is 3.87. The minimum atomic E-state index is -0.388. The number of ether oxygens (including phenoxy) is 2. The maximum atomic E-state index is 13.4. The van der Waals surface area contributed by atoms with E-state index in [0.29, 0.717) is 30.2 Å². The predicted octanol–water partition coefficient (Wildman–Crippen LogP) is 2.33. The zero-order valence-corrected chi connectivity index (χ0v) is 12.4. The van der Waals surface area contributed by atoms with Gasteiger partial charge in [-0.2, -0.15) is 0 Å². The van der Waals surface area contributed by atoms with Gasteiger partial charge in [-0.1, -0.05) is 12.1 Å². The Labute approximate surface area is 126 Å². The summed E-state index contributed by atoms with van der Waals surface area (Å²) in [5, 5.41) is 8.30. The molecule has 112 valence electrons. The average molecular weight is 309 g/mol. The molecule has 0 aliphatic carbocycles. The Morgan fingerprint density at radius 2 is 2.19 bits per heavy atom. The average Bonchev–Trinajstić information content (AvgIpc) is 2.85. The van der Waals surface area contributed by atoms with Crippen molar-refractivity contribution in [1.29, 1.82) is 5.41 Å². The fraction of sp³-hybridized carbons (Fsp3) is 0.286. The molecule has 2 aromatic rings. The summed E-state index contributed by atoms with van der Waals surface area (Å²) in [4.78, 5) is 4.98. The fourth-order valence-electron chi connectivity index (χ4n) is 1.76. The number of nitrogens with zero attached hydrogens (tertiary/aromatic N) is 1. The smallest absolute Gasteiger partial charge is 0.165 e. The van der Waals surface area contributed by atoms with E-state index in [0.717, 1.165) is 5.01 Å². The standard InChI is InChI=1S/C14H16FN3O2S/c1-19-8-10-13(14(16)17)21-12(18-10)6-7-20-11-5-3-2-4-9(11)15/h2-5H,6-8H2,1H3,(H3,16,17). The number of thiazole rings is 1. The Morgan fingerprint density at radius 3 is 2.86 bits per heavy atom. The van der Waals surface area contributed by atoms with Crippen LogP contribution in [0.3, 0.4) is 0 Å². The van der Waals surface area contributed by atoms with Crippen molar-refractivity contribution in [1.82, 2.24) is 4.98 Å². The molecule has 0 unspecified atom stereocenters. The molecule has 3 N–H and O–H groups in total. The van der Waals surface area contributed by atoms with E-state index >= 15 is 0 Å². The van der Waals surface area contributed by atoms with Crippen LogP contribution in [0.15, 0.2) is 24.3 Å². The van der Waals surface area contributed by atoms with Crippen LogP contribution in [0.5, 0.6) is 5.75 Å². The summed E-state index contributed by atoms with van der Waals surface area (Å²) in [5.74, 6) is -0.195. The first kappa shape index (κ1) is 15.4. The Bertz CT molecular complexity index is 630. The lowest BCUT2D eigenvalue weighted by molar-refractivity contribution is 0.181. The van der Waals surface area contributed by atoms with Crippen molar-refractivity contribution in [2.24, 2.45) is 5.73 Å². The summed E-state index contributed by atoms with van der Waals surface area (Å²) >= 11 is 1.33. The van der Waals surface area contributed by atoms with E-state index in [9.17, 15) is 4.39 Å². The van der Waals surface area contributed by atoms with E-state index in [4.69, 9.17) is 20.6 Å². The molecule has 7 heteroatoms. The minimum Gasteiger partial charge on any atom is -0.490 e. The highest BCUT2D eigenvalue weighted by molar-refractivity contribution is 7.13. The number of hydrogen-bond donors (Lipinski definition) is 2. The third kappa shape index (κ3) is 3.99. The van der Waals surface area contributed by atoms with E-state index in [1.165, 1.54) is 17.4 Å². The summed E-state index contributed by atoms with van der Waals surface area (Å²) in [7, 11) is 1.56. The van der Waals surface area contributed by atoms with Gasteiger partial charge >= 0.3 is 0 Å². The van der Waals surface area contributed by atoms with Crippen molar-refractivity contribution in [3.05, 3.63) is 45.7 Å². The van der Waals surface area contributed by atoms with E-state index in [1.807, 2.05) is 0 Å². The third-order valence-electron chi connectivity index (χ3n) is 2.68. The van der Waals surface area contributed by atoms with Crippen LogP contribution in [-0.4, -0.2) is 24.5 Å². The molecule has 0 aliphatic rings. The monoisotopic (exact) mass is 309 g/mol. The van der Waals surface area contributed by atoms with E-state index in [1.54, 1.807) is 25.3 Å². The van der Waals surface area contributed by atoms with Crippen LogP contribution in [0.1, 0.15) is 15.6 Å². The topological polar surface area (TPSA) is 81.2 Å². The van der Waals surface area contributed by atoms with Crippen LogP contribution in [-0.2, 0) is 17.8 Å². The first-order valence-electron chi connectivity index (χ1n) is 6.31. The summed E-state index contributed by atoms with van der Waals surface area (Å²) in [6.07, 6.45) is 0.517. The summed E-state index contributed by atoms with van der Waals surface area (Å²) in [6, 6.07) is 6.25. The summed E-state index contributed by atoms with van der Waals surface area (Å²) in [5.41, 5.74) is 6.16. The zero-order chi connectivity index (χ0) is 15.2. The quantitative estimate of drug-likeness (QED) is 0.607. The maximum absolute atomic E-state index is 13.4. The number of amidine groups is 1. The molecule has 1 aromatic carbocycles. The number of halogens is 1. The van der Waals surface area contributed by atoms with Crippen molar-refractivity contribution in [3.63, 3.8) is 0 Å². The lowest BCUT2D eigenvalue weighted by Gasteiger charge is -2.05. The molecule has 0 aliphatic heterocycles. The van der Waals surface area contributed by atoms with Gasteiger partial charge in [0.1, 0.15) is 5.84 Å². The highest BCUT2D eigenvalue weighted by Crippen LogP contribution is 2.20. The molecule has 0 spiro atoms. The molecular formula is C14H16FN3O2S. The molecule has 0 fully saturated rings. The van der Waals surface area contributed by atoms with Gasteiger partial charge < -0.3 is 15.2 Å². The number of rotatable bonds is 7. The van der Waals surface area contributed by atoms with E-state index < -0.39 is 0 Å². The summed E-state index contributed by atoms with van der Waals surface area (Å²) in [6.45, 7) is 0.609. The molecule has 5 nitrogen and oxygen atoms in total. The number of para-hydroxylation sites is 1. The number of benzene rings is 1. The van der Waals surface area contributed by atoms with Gasteiger partial charge in [0.05, 0.1) is 28.8 Å². The van der Waals surface area contributed by atoms with Crippen molar-refractivity contribution in [2.75, 3.05) is 13.7 Å². The highest BCUT2D eigenvalue weighted by Gasteiger charge is 2.13. The molecular weight excluding hydrogens is 293 g/mol. The second kappa shape index (κ2) is 7.14. The van der Waals surface area contributed by atoms with Crippen LogP contribution in [0.4, 0.5) is 4.39 Å². The number of hydrogen-bond acceptors (Lipinski definition) is 5. The Hall–Kier alpha value is -1.99. The number of nitrogens with two attached hydrogens (primary N) is 1. The molecule has 0 saturated heterocycles. The molecule has 1 heterocycles. The van der Waals surface area contributed by atoms with Crippen LogP contribution < -0.4 is 10.5 Å². The van der Waals surface area contributed by atoms with Gasteiger partial charge in [-0.25, -0.2) is 9.37 Å². The fourth-order valence-corrected chi connectivity index (χ4v) is 2.67. The normalized spacial score (nSPS) is 10.6. The van der Waals surface area contributed by atoms with Crippen LogP contribution >= 0.6 is 11.3 Å². The molecule has 0 saturated carbocycles. The number of nitrogen functional groups attached to an aromatic ring is 1. The van der Waals surface area contributed by atoms with Crippen LogP contribution in [0.2, 0.25) is 0 Å². The van der Waals surface area contributed by atoms with Crippen LogP contribution in [0, 0.1) is 11.2 Å². The Kier molecular flexibility index (Phi) is 5.24. The molecule has 0 atom stereocenters. The molecule has 2 rings (SSSR count). The van der Waals surface area contributed by atoms with E-state index in [2.05, 4.69) is 4.98 Å². The van der Waals surface area contributed by atoms with Gasteiger partial charge in [0.15, 0.2) is 11.6 Å². The lowest BCUT2D eigenvalue weighted by Crippen LogP contribution is -2.11. The number of methoxy groups -OCH3 is 1. The van der Waals surface area contributed by atoms with Crippen molar-refractivity contribution in [3.8, 4) is 5.75 Å². The molecule has 21 heavy (non-hydrogen) atoms. The van der Waals surface area contributed by atoms with Gasteiger partial charge in [-0.3, -0.25) is 5.41 Å². The minimum absolute atomic E-state index is 0.0270. The zero-order valence-electron chi connectivity index (χ0n) is 11.6. The van der Waals surface area contributed by atoms with Gasteiger partial charge in [-0.05, 0) is 12.1 Å². The van der Waals surface area contributed by atoms with Gasteiger partial charge in [0, 0.05) is 13.5 Å². The Morgan fingerprint density at radius 1 is 1.43 bits per heavy atom. The molecule has 1 aromatic heterocycles. The lowest BCUT2D eigenvalue weighted by atomic mass is 10.3. The summed E-state index contributed by atoms with van der Waals surface area (Å²) < 4.78 is 23.8. The van der Waals surface area contributed by atoms with Gasteiger partial charge in [0.25, 0.3) is 0 Å². The van der Waals surface area contributed by atoms with E-state index in [-0.39, 0.29) is 17.4 Å². The Balaban J connectivity index is 1.99. The molecule has 0 radical (unpaired) electrons. The maximum Gasteiger partial charge on any atom is 0.165 e. The number of aromatic nitrogens is 1. The van der Waals surface area contributed by atoms with Crippen LogP contribution in [0.25, 0.3) is 0 Å².